The monoisotopic (exact) mass is 362 g/mol. The van der Waals surface area contributed by atoms with Gasteiger partial charge in [0.15, 0.2) is 0 Å². The van der Waals surface area contributed by atoms with E-state index in [-0.39, 0.29) is 27.5 Å². The Morgan fingerprint density at radius 2 is 2.19 bits per heavy atom. The van der Waals surface area contributed by atoms with E-state index in [1.165, 1.54) is 0 Å². The third kappa shape index (κ3) is 12.5. The first-order valence-corrected chi connectivity index (χ1v) is 9.54. The zero-order chi connectivity index (χ0) is 12.1. The minimum atomic E-state index is -0.0764. The second-order valence-electron chi connectivity index (χ2n) is 2.92. The van der Waals surface area contributed by atoms with Gasteiger partial charge >= 0.3 is 106 Å². The molecule has 1 amide bonds. The molecular weight excluding hydrogens is 341 g/mol. The number of halogens is 1. The molecule has 0 aromatic carbocycles. The molecule has 0 aromatic rings. The van der Waals surface area contributed by atoms with Crippen molar-refractivity contribution >= 4 is 17.7 Å². The molecule has 0 aliphatic rings. The molecule has 0 aromatic heterocycles. The van der Waals surface area contributed by atoms with E-state index in [0.717, 1.165) is 12.2 Å². The van der Waals surface area contributed by atoms with E-state index >= 15 is 0 Å². The van der Waals surface area contributed by atoms with Gasteiger partial charge in [-0.1, -0.05) is 6.92 Å². The van der Waals surface area contributed by atoms with Crippen LogP contribution in [0.5, 0.6) is 0 Å². The maximum atomic E-state index is 11.2. The zero-order valence-corrected chi connectivity index (χ0v) is 12.9. The molecule has 0 spiro atoms. The molecule has 0 saturated heterocycles. The van der Waals surface area contributed by atoms with Gasteiger partial charge in [0.2, 0.25) is 0 Å². The first-order valence-electron chi connectivity index (χ1n) is 5.34. The topological polar surface area (TPSA) is 47.6 Å². The van der Waals surface area contributed by atoms with Crippen LogP contribution in [0.1, 0.15) is 13.3 Å². The Bertz CT molecular complexity index is 172. The van der Waals surface area contributed by atoms with Crippen molar-refractivity contribution in [3.63, 3.8) is 0 Å². The van der Waals surface area contributed by atoms with Crippen LogP contribution in [0.2, 0.25) is 0 Å². The van der Waals surface area contributed by atoms with Crippen LogP contribution in [-0.2, 0) is 12.6 Å². The Morgan fingerprint density at radius 3 is 2.88 bits per heavy atom. The van der Waals surface area contributed by atoms with Crippen LogP contribution in [0.25, 0.3) is 0 Å². The maximum absolute atomic E-state index is 11.2. The van der Waals surface area contributed by atoms with Crippen molar-refractivity contribution < 1.29 is 34.2 Å². The van der Waals surface area contributed by atoms with E-state index in [2.05, 4.69) is 10.2 Å². The summed E-state index contributed by atoms with van der Waals surface area (Å²) in [5.74, 6) is 1.66. The summed E-state index contributed by atoms with van der Waals surface area (Å²) in [6, 6.07) is 0. The van der Waals surface area contributed by atoms with Crippen molar-refractivity contribution in [3.8, 4) is 0 Å². The summed E-state index contributed by atoms with van der Waals surface area (Å²) < 4.78 is 10.6. The van der Waals surface area contributed by atoms with Gasteiger partial charge in [-0.25, -0.2) is 0 Å². The second-order valence-corrected chi connectivity index (χ2v) is 5.70. The molecule has 0 saturated carbocycles. The van der Waals surface area contributed by atoms with Gasteiger partial charge in [0.05, 0.1) is 0 Å². The molecule has 0 rings (SSSR count). The second kappa shape index (κ2) is 13.5. The van der Waals surface area contributed by atoms with E-state index in [9.17, 15) is 4.79 Å². The minimum absolute atomic E-state index is 0.0764. The van der Waals surface area contributed by atoms with Crippen LogP contribution < -0.4 is 26.9 Å². The predicted octanol–water partition coefficient (Wildman–Crippen LogP) is -2.09. The quantitative estimate of drug-likeness (QED) is 0.260. The number of nitrogens with one attached hydrogen (secondary N) is 1. The molecule has 4 nitrogen and oxygen atoms in total. The van der Waals surface area contributed by atoms with Gasteiger partial charge < -0.3 is 0 Å². The SMILES string of the molecule is CCSCC(=O)NCCCOCCO[I-]C. The number of amides is 1. The van der Waals surface area contributed by atoms with E-state index in [1.807, 2.05) is 6.92 Å². The normalized spacial score (nSPS) is 10.6. The van der Waals surface area contributed by atoms with Gasteiger partial charge in [-0.15, -0.1) is 0 Å². The average Bonchev–Trinajstić information content (AvgIpc) is 2.30. The molecule has 0 heterocycles. The molecule has 16 heavy (non-hydrogen) atoms. The first-order chi connectivity index (χ1) is 7.81. The Morgan fingerprint density at radius 1 is 1.38 bits per heavy atom. The van der Waals surface area contributed by atoms with Crippen LogP contribution >= 0.6 is 11.8 Å². The number of hydrogen-bond donors (Lipinski definition) is 1. The van der Waals surface area contributed by atoms with Crippen molar-refractivity contribution in [2.75, 3.05) is 42.8 Å². The standard InChI is InChI=1S/C10H21INO3S/c1-3-16-9-10(13)12-5-4-6-14-7-8-15-11-2/h3-9H2,1-2H3,(H,12,13)/q-1. The summed E-state index contributed by atoms with van der Waals surface area (Å²) in [5, 5.41) is 2.85. The Balaban J connectivity index is 3.05. The molecule has 98 valence electrons. The fraction of sp³-hybridized carbons (Fsp3) is 0.900. The van der Waals surface area contributed by atoms with E-state index in [1.54, 1.807) is 11.8 Å². The number of hydrogen-bond acceptors (Lipinski definition) is 4. The van der Waals surface area contributed by atoms with Crippen molar-refractivity contribution in [3.05, 3.63) is 0 Å². The first kappa shape index (κ1) is 16.5. The summed E-state index contributed by atoms with van der Waals surface area (Å²) in [5.41, 5.74) is 0. The molecule has 1 N–H and O–H groups in total. The molecule has 0 fully saturated rings. The number of alkyl halides is 1. The van der Waals surface area contributed by atoms with Gasteiger partial charge in [-0.05, 0) is 0 Å². The molecule has 6 heteroatoms. The zero-order valence-electron chi connectivity index (χ0n) is 9.96. The summed E-state index contributed by atoms with van der Waals surface area (Å²) in [6.07, 6.45) is 0.865. The third-order valence-electron chi connectivity index (χ3n) is 1.64. The van der Waals surface area contributed by atoms with E-state index in [4.69, 9.17) is 7.80 Å². The van der Waals surface area contributed by atoms with Crippen LogP contribution in [0, 0.1) is 0 Å². The number of carbonyl (C=O) groups excluding carboxylic acids is 1. The number of carbonyl (C=O) groups is 1. The van der Waals surface area contributed by atoms with Crippen LogP contribution in [0.15, 0.2) is 0 Å². The van der Waals surface area contributed by atoms with Gasteiger partial charge in [0, 0.05) is 0 Å². The van der Waals surface area contributed by atoms with Crippen molar-refractivity contribution in [1.29, 1.82) is 0 Å². The molecule has 0 aliphatic heterocycles. The fourth-order valence-electron chi connectivity index (χ4n) is 0.917. The number of ether oxygens (including phenoxy) is 1. The molecule has 0 aliphatic carbocycles. The Kier molecular flexibility index (Phi) is 13.9. The number of rotatable bonds is 11. The summed E-state index contributed by atoms with van der Waals surface area (Å²) >= 11 is 1.56. The van der Waals surface area contributed by atoms with Crippen LogP contribution in [-0.4, -0.2) is 48.7 Å². The molecule has 0 unspecified atom stereocenters. The molecule has 0 bridgehead atoms. The molecule has 0 atom stereocenters. The Hall–Kier alpha value is 0.470. The predicted molar refractivity (Wildman–Crippen MR) is 63.3 cm³/mol. The third-order valence-corrected chi connectivity index (χ3v) is 3.58. The summed E-state index contributed by atoms with van der Waals surface area (Å²) in [6.45, 7) is 4.79. The van der Waals surface area contributed by atoms with Crippen molar-refractivity contribution in [2.24, 2.45) is 0 Å². The van der Waals surface area contributed by atoms with E-state index in [0.29, 0.717) is 32.1 Å². The number of thioether (sulfide) groups is 1. The van der Waals surface area contributed by atoms with Crippen LogP contribution in [0.3, 0.4) is 0 Å². The van der Waals surface area contributed by atoms with Crippen molar-refractivity contribution in [1.82, 2.24) is 5.32 Å². The Labute approximate surface area is 113 Å². The van der Waals surface area contributed by atoms with Gasteiger partial charge in [-0.3, -0.25) is 0 Å². The summed E-state index contributed by atoms with van der Waals surface area (Å²) in [4.78, 5) is 13.3. The van der Waals surface area contributed by atoms with Gasteiger partial charge in [0.1, 0.15) is 0 Å². The molecular formula is C10H21INO3S-. The van der Waals surface area contributed by atoms with Crippen LogP contribution in [0.4, 0.5) is 0 Å². The molecule has 0 radical (unpaired) electrons. The van der Waals surface area contributed by atoms with Crippen molar-refractivity contribution in [2.45, 2.75) is 13.3 Å². The van der Waals surface area contributed by atoms with E-state index < -0.39 is 0 Å². The summed E-state index contributed by atoms with van der Waals surface area (Å²) in [7, 11) is 0. The fourth-order valence-corrected chi connectivity index (χ4v) is 2.03. The average molecular weight is 362 g/mol. The van der Waals surface area contributed by atoms with Gasteiger partial charge in [-0.2, -0.15) is 0 Å². The van der Waals surface area contributed by atoms with Gasteiger partial charge in [0.25, 0.3) is 0 Å².